The predicted octanol–water partition coefficient (Wildman–Crippen LogP) is 12.7. The van der Waals surface area contributed by atoms with E-state index >= 15 is 0 Å². The van der Waals surface area contributed by atoms with Gasteiger partial charge in [0.25, 0.3) is 0 Å². The molecule has 0 saturated heterocycles. The topological polar surface area (TPSA) is 169 Å². The average Bonchev–Trinajstić information content (AvgIpc) is 4.24. The number of hydrogen-bond acceptors (Lipinski definition) is 11. The maximum atomic E-state index is 13.3. The standard InChI is InChI=1S/C26H24F3N5O2.C24H20F3N5O/c1-14(2)36-25(35)32-18-8-9-19-20-13-30-22(10-15-6-7-15)34-23(20)24(33-21(19)12-18)31-17-5-3-4-16(11-17)26(27,28)29;1-13(33)29-17-7-8-18-19-12-28-21(9-14-5-6-14)32-22(19)23(31-20(18)11-17)30-16-4-2-3-15(10-16)24(25,26)27/h3-5,8-9,11-15H,6-7,10H2,1-2H3,(H,31,33)(H,32,35);2-4,7-8,10-12,14H,5-6,9H2,1H3,(H,29,33)(H,30,31). The number of alkyl halides is 6. The highest BCUT2D eigenvalue weighted by Crippen LogP contribution is 2.38. The van der Waals surface area contributed by atoms with Crippen molar-refractivity contribution >= 4 is 90.0 Å². The second kappa shape index (κ2) is 18.8. The Morgan fingerprint density at radius 1 is 0.594 bits per heavy atom. The summed E-state index contributed by atoms with van der Waals surface area (Å²) in [6.07, 6.45) is -0.249. The fourth-order valence-electron chi connectivity index (χ4n) is 7.71. The van der Waals surface area contributed by atoms with Crippen LogP contribution < -0.4 is 21.3 Å². The number of pyridine rings is 2. The van der Waals surface area contributed by atoms with Gasteiger partial charge in [-0.2, -0.15) is 26.3 Å². The molecule has 0 atom stereocenters. The van der Waals surface area contributed by atoms with Crippen LogP contribution in [0.1, 0.15) is 69.2 Å². The number of anilines is 6. The largest absolute Gasteiger partial charge is 0.447 e. The fourth-order valence-corrected chi connectivity index (χ4v) is 7.71. The van der Waals surface area contributed by atoms with E-state index in [1.165, 1.54) is 19.1 Å². The van der Waals surface area contributed by atoms with Crippen molar-refractivity contribution in [3.05, 3.63) is 120 Å². The van der Waals surface area contributed by atoms with Gasteiger partial charge < -0.3 is 20.7 Å². The lowest BCUT2D eigenvalue weighted by atomic mass is 10.1. The van der Waals surface area contributed by atoms with Gasteiger partial charge >= 0.3 is 18.4 Å². The molecular weight excluding hydrogens is 903 g/mol. The molecule has 2 saturated carbocycles. The van der Waals surface area contributed by atoms with Crippen LogP contribution in [0.3, 0.4) is 0 Å². The van der Waals surface area contributed by atoms with Crippen LogP contribution in [0.4, 0.5) is 65.5 Å². The molecule has 10 rings (SSSR count). The Balaban J connectivity index is 0.000000172. The number of carbonyl (C=O) groups is 2. The normalized spacial score (nSPS) is 13.9. The molecule has 4 heterocycles. The minimum atomic E-state index is -4.47. The molecule has 0 spiro atoms. The Labute approximate surface area is 390 Å². The highest BCUT2D eigenvalue weighted by atomic mass is 19.4. The summed E-state index contributed by atoms with van der Waals surface area (Å²) in [6, 6.07) is 20.4. The maximum Gasteiger partial charge on any atom is 0.416 e. The fraction of sp³-hybridized carbons (Fsp3) is 0.280. The van der Waals surface area contributed by atoms with Gasteiger partial charge in [-0.25, -0.2) is 34.7 Å². The highest BCUT2D eigenvalue weighted by molar-refractivity contribution is 6.11. The smallest absolute Gasteiger partial charge is 0.416 e. The van der Waals surface area contributed by atoms with Crippen molar-refractivity contribution in [3.8, 4) is 0 Å². The molecule has 19 heteroatoms. The first-order valence-corrected chi connectivity index (χ1v) is 22.2. The van der Waals surface area contributed by atoms with Gasteiger partial charge in [-0.15, -0.1) is 0 Å². The number of carbonyl (C=O) groups excluding carboxylic acids is 2. The minimum absolute atomic E-state index is 0.217. The molecule has 13 nitrogen and oxygen atoms in total. The number of hydrogen-bond donors (Lipinski definition) is 4. The number of halogens is 6. The van der Waals surface area contributed by atoms with Crippen LogP contribution in [-0.4, -0.2) is 48.0 Å². The van der Waals surface area contributed by atoms with E-state index in [1.807, 2.05) is 6.07 Å². The minimum Gasteiger partial charge on any atom is -0.447 e. The first-order chi connectivity index (χ1) is 32.9. The monoisotopic (exact) mass is 946 g/mol. The van der Waals surface area contributed by atoms with E-state index < -0.39 is 29.6 Å². The van der Waals surface area contributed by atoms with Gasteiger partial charge in [0.05, 0.1) is 28.3 Å². The summed E-state index contributed by atoms with van der Waals surface area (Å²) in [7, 11) is 0. The molecule has 2 fully saturated rings. The molecule has 8 aromatic rings. The molecule has 4 aromatic carbocycles. The van der Waals surface area contributed by atoms with Crippen LogP contribution in [0.25, 0.3) is 43.6 Å². The third-order valence-corrected chi connectivity index (χ3v) is 11.3. The molecule has 69 heavy (non-hydrogen) atoms. The van der Waals surface area contributed by atoms with Gasteiger partial charge in [0, 0.05) is 76.5 Å². The molecule has 2 aliphatic carbocycles. The van der Waals surface area contributed by atoms with Gasteiger partial charge in [-0.3, -0.25) is 10.1 Å². The van der Waals surface area contributed by atoms with Crippen molar-refractivity contribution in [3.63, 3.8) is 0 Å². The van der Waals surface area contributed by atoms with Crippen molar-refractivity contribution in [2.24, 2.45) is 11.8 Å². The molecule has 2 aliphatic rings. The summed E-state index contributed by atoms with van der Waals surface area (Å²) in [4.78, 5) is 51.3. The number of fused-ring (bicyclic) bond motifs is 6. The van der Waals surface area contributed by atoms with Crippen LogP contribution in [0.15, 0.2) is 97.3 Å². The Morgan fingerprint density at radius 3 is 1.45 bits per heavy atom. The Morgan fingerprint density at radius 2 is 1.04 bits per heavy atom. The number of amides is 2. The maximum absolute atomic E-state index is 13.3. The number of aromatic nitrogens is 6. The zero-order chi connectivity index (χ0) is 48.6. The molecule has 2 amide bonds. The summed E-state index contributed by atoms with van der Waals surface area (Å²) < 4.78 is 84.5. The number of benzene rings is 4. The quantitative estimate of drug-likeness (QED) is 0.0719. The number of ether oxygens (including phenoxy) is 1. The van der Waals surface area contributed by atoms with Gasteiger partial charge in [-0.1, -0.05) is 24.3 Å². The molecule has 0 aliphatic heterocycles. The number of rotatable bonds is 11. The first-order valence-electron chi connectivity index (χ1n) is 22.2. The SMILES string of the molecule is CC(=O)Nc1ccc2c(c1)nc(Nc1cccc(C(F)(F)F)c1)c1nc(CC3CC3)ncc12.CC(C)OC(=O)Nc1ccc2c(c1)nc(Nc1cccc(C(F)(F)F)c1)c1nc(CC3CC3)ncc12. The van der Waals surface area contributed by atoms with Gasteiger partial charge in [0.2, 0.25) is 5.91 Å². The lowest BCUT2D eigenvalue weighted by Gasteiger charge is -2.14. The second-order valence-electron chi connectivity index (χ2n) is 17.4. The lowest BCUT2D eigenvalue weighted by Crippen LogP contribution is -2.17. The summed E-state index contributed by atoms with van der Waals surface area (Å²) in [5.41, 5.74) is 2.12. The molecule has 0 unspecified atom stereocenters. The van der Waals surface area contributed by atoms with Crippen LogP contribution in [0.5, 0.6) is 0 Å². The van der Waals surface area contributed by atoms with Crippen LogP contribution in [0.2, 0.25) is 0 Å². The molecule has 354 valence electrons. The second-order valence-corrected chi connectivity index (χ2v) is 17.4. The highest BCUT2D eigenvalue weighted by Gasteiger charge is 2.32. The van der Waals surface area contributed by atoms with E-state index in [-0.39, 0.29) is 23.4 Å². The van der Waals surface area contributed by atoms with Crippen LogP contribution >= 0.6 is 0 Å². The summed E-state index contributed by atoms with van der Waals surface area (Å²) in [6.45, 7) is 4.90. The molecular formula is C50H44F6N10O3. The van der Waals surface area contributed by atoms with Crippen molar-refractivity contribution in [1.82, 2.24) is 29.9 Å². The van der Waals surface area contributed by atoms with E-state index in [2.05, 4.69) is 41.2 Å². The van der Waals surface area contributed by atoms with Crippen molar-refractivity contribution in [1.29, 1.82) is 0 Å². The number of nitrogens with zero attached hydrogens (tertiary/aromatic N) is 6. The molecule has 0 bridgehead atoms. The number of nitrogens with one attached hydrogen (secondary N) is 4. The Hall–Kier alpha value is -7.70. The average molecular weight is 947 g/mol. The van der Waals surface area contributed by atoms with Gasteiger partial charge in [-0.05, 0) is 112 Å². The summed E-state index contributed by atoms with van der Waals surface area (Å²) >= 11 is 0. The van der Waals surface area contributed by atoms with Crippen molar-refractivity contribution in [2.45, 2.75) is 77.8 Å². The molecule has 0 radical (unpaired) electrons. The lowest BCUT2D eigenvalue weighted by molar-refractivity contribution is -0.138. The zero-order valence-corrected chi connectivity index (χ0v) is 37.4. The van der Waals surface area contributed by atoms with E-state index in [4.69, 9.17) is 14.7 Å². The van der Waals surface area contributed by atoms with Gasteiger partial charge in [0.15, 0.2) is 11.6 Å². The Kier molecular flexibility index (Phi) is 12.6. The van der Waals surface area contributed by atoms with Crippen molar-refractivity contribution < 1.29 is 40.7 Å². The molecule has 4 N–H and O–H groups in total. The van der Waals surface area contributed by atoms with E-state index in [9.17, 15) is 35.9 Å². The van der Waals surface area contributed by atoms with E-state index in [0.29, 0.717) is 73.9 Å². The first kappa shape index (κ1) is 46.4. The summed E-state index contributed by atoms with van der Waals surface area (Å²) in [5.74, 6) is 2.92. The predicted molar refractivity (Wildman–Crippen MR) is 252 cm³/mol. The zero-order valence-electron chi connectivity index (χ0n) is 37.4. The third kappa shape index (κ3) is 11.4. The van der Waals surface area contributed by atoms with E-state index in [0.717, 1.165) is 78.9 Å². The Bertz CT molecular complexity index is 3270. The van der Waals surface area contributed by atoms with Gasteiger partial charge in [0.1, 0.15) is 22.7 Å². The van der Waals surface area contributed by atoms with Crippen molar-refractivity contribution in [2.75, 3.05) is 21.3 Å². The van der Waals surface area contributed by atoms with Crippen LogP contribution in [0, 0.1) is 11.8 Å². The van der Waals surface area contributed by atoms with Crippen LogP contribution in [-0.2, 0) is 34.7 Å². The molecule has 4 aromatic heterocycles. The van der Waals surface area contributed by atoms with E-state index in [1.54, 1.807) is 68.7 Å². The summed E-state index contributed by atoms with van der Waals surface area (Å²) in [5, 5.41) is 14.4. The third-order valence-electron chi connectivity index (χ3n) is 11.3.